The molecule has 0 aromatic heterocycles. The summed E-state index contributed by atoms with van der Waals surface area (Å²) in [5.41, 5.74) is 3.43. The molecule has 1 unspecified atom stereocenters. The van der Waals surface area contributed by atoms with Gasteiger partial charge in [-0.05, 0) is 58.2 Å². The Morgan fingerprint density at radius 2 is 2.00 bits per heavy atom. The number of hydrogen-bond donors (Lipinski definition) is 1. The summed E-state index contributed by atoms with van der Waals surface area (Å²) >= 11 is 3.65. The van der Waals surface area contributed by atoms with Crippen LogP contribution in [0.1, 0.15) is 58.4 Å². The second-order valence-corrected chi connectivity index (χ2v) is 8.53. The lowest BCUT2D eigenvalue weighted by molar-refractivity contribution is -0.136. The molecule has 1 aromatic carbocycles. The average Bonchev–Trinajstić information content (AvgIpc) is 2.68. The Balaban J connectivity index is 2.23. The van der Waals surface area contributed by atoms with E-state index in [0.717, 1.165) is 28.6 Å². The van der Waals surface area contributed by atoms with Gasteiger partial charge in [-0.25, -0.2) is 4.79 Å². The Labute approximate surface area is 185 Å². The fourth-order valence-corrected chi connectivity index (χ4v) is 4.61. The third-order valence-electron chi connectivity index (χ3n) is 5.22. The number of esters is 1. The number of nitrogens with one attached hydrogen (secondary N) is 1. The molecule has 0 bridgehead atoms. The standard InChI is InChI=1S/C23H28BrNO5/c1-6-29-18-10-14(15(24)11-19(18)30-12(2)3)21-20(23(27)28-5)13(4)25-16-8-7-9-17(26)22(16)21/h10-12,21,25H,6-9H2,1-5H3. The number of ketones is 1. The Bertz CT molecular complexity index is 932. The van der Waals surface area contributed by atoms with Crippen molar-refractivity contribution in [3.05, 3.63) is 44.7 Å². The predicted octanol–water partition coefficient (Wildman–Crippen LogP) is 4.78. The third-order valence-corrected chi connectivity index (χ3v) is 5.90. The summed E-state index contributed by atoms with van der Waals surface area (Å²) in [5.74, 6) is 0.247. The number of halogens is 1. The number of benzene rings is 1. The molecule has 3 rings (SSSR count). The molecule has 0 fully saturated rings. The Morgan fingerprint density at radius 3 is 2.63 bits per heavy atom. The van der Waals surface area contributed by atoms with Crippen LogP contribution in [0.2, 0.25) is 0 Å². The fraction of sp³-hybridized carbons (Fsp3) is 0.478. The summed E-state index contributed by atoms with van der Waals surface area (Å²) in [6.45, 7) is 8.11. The predicted molar refractivity (Wildman–Crippen MR) is 118 cm³/mol. The monoisotopic (exact) mass is 477 g/mol. The zero-order chi connectivity index (χ0) is 22.0. The molecule has 1 aliphatic heterocycles. The molecule has 1 aliphatic carbocycles. The SMILES string of the molecule is CCOc1cc(C2C(C(=O)OC)=C(C)NC3=C2C(=O)CCC3)c(Br)cc1OC(C)C. The second-order valence-electron chi connectivity index (χ2n) is 7.68. The molecule has 1 heterocycles. The lowest BCUT2D eigenvalue weighted by atomic mass is 9.75. The van der Waals surface area contributed by atoms with Crippen LogP contribution in [0.15, 0.2) is 39.1 Å². The van der Waals surface area contributed by atoms with Gasteiger partial charge in [-0.3, -0.25) is 4.79 Å². The van der Waals surface area contributed by atoms with Crippen LogP contribution >= 0.6 is 15.9 Å². The summed E-state index contributed by atoms with van der Waals surface area (Å²) in [4.78, 5) is 25.7. The first-order chi connectivity index (χ1) is 14.3. The molecule has 0 saturated heterocycles. The van der Waals surface area contributed by atoms with E-state index in [1.54, 1.807) is 0 Å². The number of dihydropyridines is 1. The van der Waals surface area contributed by atoms with E-state index in [2.05, 4.69) is 21.2 Å². The van der Waals surface area contributed by atoms with Gasteiger partial charge in [-0.1, -0.05) is 15.9 Å². The minimum Gasteiger partial charge on any atom is -0.490 e. The molecule has 1 aromatic rings. The van der Waals surface area contributed by atoms with Crippen molar-refractivity contribution < 1.29 is 23.8 Å². The number of hydrogen-bond acceptors (Lipinski definition) is 6. The van der Waals surface area contributed by atoms with Gasteiger partial charge in [0.25, 0.3) is 0 Å². The molecule has 6 nitrogen and oxygen atoms in total. The number of methoxy groups -OCH3 is 1. The zero-order valence-electron chi connectivity index (χ0n) is 18.1. The van der Waals surface area contributed by atoms with Gasteiger partial charge < -0.3 is 19.5 Å². The highest BCUT2D eigenvalue weighted by Crippen LogP contribution is 2.47. The van der Waals surface area contributed by atoms with Gasteiger partial charge in [0.05, 0.1) is 25.4 Å². The molecule has 0 spiro atoms. The molecule has 7 heteroatoms. The summed E-state index contributed by atoms with van der Waals surface area (Å²) in [6, 6.07) is 3.71. The average molecular weight is 478 g/mol. The van der Waals surface area contributed by atoms with Crippen molar-refractivity contribution in [2.75, 3.05) is 13.7 Å². The van der Waals surface area contributed by atoms with Crippen LogP contribution in [-0.4, -0.2) is 31.6 Å². The summed E-state index contributed by atoms with van der Waals surface area (Å²) < 4.78 is 17.6. The summed E-state index contributed by atoms with van der Waals surface area (Å²) in [6.07, 6.45) is 2.01. The molecular formula is C23H28BrNO5. The van der Waals surface area contributed by atoms with Crippen LogP contribution in [0.3, 0.4) is 0 Å². The van der Waals surface area contributed by atoms with E-state index in [1.807, 2.05) is 39.8 Å². The van der Waals surface area contributed by atoms with E-state index < -0.39 is 11.9 Å². The first-order valence-corrected chi connectivity index (χ1v) is 11.0. The van der Waals surface area contributed by atoms with Gasteiger partial charge in [-0.15, -0.1) is 0 Å². The highest BCUT2D eigenvalue weighted by Gasteiger charge is 2.40. The van der Waals surface area contributed by atoms with Crippen LogP contribution in [0, 0.1) is 0 Å². The number of carbonyl (C=O) groups is 2. The summed E-state index contributed by atoms with van der Waals surface area (Å²) in [7, 11) is 1.35. The van der Waals surface area contributed by atoms with Crippen molar-refractivity contribution in [3.8, 4) is 11.5 Å². The molecule has 162 valence electrons. The molecule has 2 aliphatic rings. The van der Waals surface area contributed by atoms with E-state index in [-0.39, 0.29) is 11.9 Å². The topological polar surface area (TPSA) is 73.9 Å². The first kappa shape index (κ1) is 22.4. The smallest absolute Gasteiger partial charge is 0.336 e. The lowest BCUT2D eigenvalue weighted by Crippen LogP contribution is -2.34. The van der Waals surface area contributed by atoms with E-state index >= 15 is 0 Å². The highest BCUT2D eigenvalue weighted by molar-refractivity contribution is 9.10. The van der Waals surface area contributed by atoms with Crippen molar-refractivity contribution in [3.63, 3.8) is 0 Å². The van der Waals surface area contributed by atoms with E-state index in [9.17, 15) is 9.59 Å². The number of Topliss-reactive ketones (excluding diaryl/α,β-unsaturated/α-hetero) is 1. The maximum absolute atomic E-state index is 13.0. The van der Waals surface area contributed by atoms with E-state index in [0.29, 0.717) is 41.4 Å². The molecule has 0 saturated carbocycles. The Hall–Kier alpha value is -2.28. The summed E-state index contributed by atoms with van der Waals surface area (Å²) in [5, 5.41) is 3.28. The Morgan fingerprint density at radius 1 is 1.27 bits per heavy atom. The molecular weight excluding hydrogens is 450 g/mol. The molecule has 1 N–H and O–H groups in total. The first-order valence-electron chi connectivity index (χ1n) is 10.2. The Kier molecular flexibility index (Phi) is 6.91. The van der Waals surface area contributed by atoms with Gasteiger partial charge in [0.2, 0.25) is 0 Å². The minimum atomic E-state index is -0.539. The zero-order valence-corrected chi connectivity index (χ0v) is 19.6. The maximum atomic E-state index is 13.0. The van der Waals surface area contributed by atoms with Gasteiger partial charge in [0, 0.05) is 33.8 Å². The second kappa shape index (κ2) is 9.25. The fourth-order valence-electron chi connectivity index (χ4n) is 4.06. The quantitative estimate of drug-likeness (QED) is 0.594. The van der Waals surface area contributed by atoms with Crippen molar-refractivity contribution in [1.82, 2.24) is 5.32 Å². The number of allylic oxidation sites excluding steroid dienone is 3. The lowest BCUT2D eigenvalue weighted by Gasteiger charge is -2.34. The van der Waals surface area contributed by atoms with E-state index in [4.69, 9.17) is 14.2 Å². The number of ether oxygens (including phenoxy) is 3. The van der Waals surface area contributed by atoms with Crippen molar-refractivity contribution in [2.24, 2.45) is 0 Å². The molecule has 0 amide bonds. The number of rotatable bonds is 6. The number of carbonyl (C=O) groups excluding carboxylic acids is 2. The third kappa shape index (κ3) is 4.26. The molecule has 0 radical (unpaired) electrons. The van der Waals surface area contributed by atoms with Gasteiger partial charge in [0.15, 0.2) is 17.3 Å². The van der Waals surface area contributed by atoms with Gasteiger partial charge in [0.1, 0.15) is 0 Å². The van der Waals surface area contributed by atoms with Gasteiger partial charge >= 0.3 is 5.97 Å². The van der Waals surface area contributed by atoms with Gasteiger partial charge in [-0.2, -0.15) is 0 Å². The van der Waals surface area contributed by atoms with E-state index in [1.165, 1.54) is 7.11 Å². The van der Waals surface area contributed by atoms with Crippen LogP contribution in [-0.2, 0) is 14.3 Å². The van der Waals surface area contributed by atoms with Crippen molar-refractivity contribution in [1.29, 1.82) is 0 Å². The van der Waals surface area contributed by atoms with Crippen molar-refractivity contribution in [2.45, 2.75) is 59.0 Å². The van der Waals surface area contributed by atoms with Crippen LogP contribution in [0.4, 0.5) is 0 Å². The van der Waals surface area contributed by atoms with Crippen LogP contribution in [0.25, 0.3) is 0 Å². The maximum Gasteiger partial charge on any atom is 0.336 e. The van der Waals surface area contributed by atoms with Crippen molar-refractivity contribution >= 4 is 27.7 Å². The van der Waals surface area contributed by atoms with Crippen LogP contribution in [0.5, 0.6) is 11.5 Å². The molecule has 30 heavy (non-hydrogen) atoms. The molecule has 1 atom stereocenters. The largest absolute Gasteiger partial charge is 0.490 e. The highest BCUT2D eigenvalue weighted by atomic mass is 79.9. The normalized spacial score (nSPS) is 18.9. The minimum absolute atomic E-state index is 0.0251. The van der Waals surface area contributed by atoms with Crippen LogP contribution < -0.4 is 14.8 Å².